The predicted octanol–water partition coefficient (Wildman–Crippen LogP) is 1.81. The van der Waals surface area contributed by atoms with Crippen LogP contribution in [0.25, 0.3) is 16.3 Å². The lowest BCUT2D eigenvalue weighted by Crippen LogP contribution is -2.33. The molecular weight excluding hydrogens is 248 g/mol. The molecule has 18 heavy (non-hydrogen) atoms. The summed E-state index contributed by atoms with van der Waals surface area (Å²) in [5.41, 5.74) is 0.936. The first-order valence-electron chi connectivity index (χ1n) is 5.64. The van der Waals surface area contributed by atoms with Crippen molar-refractivity contribution in [2.45, 2.75) is 13.0 Å². The zero-order chi connectivity index (χ0) is 13.0. The molecule has 0 radical (unpaired) electrons. The van der Waals surface area contributed by atoms with E-state index in [9.17, 15) is 4.79 Å². The van der Waals surface area contributed by atoms with E-state index in [1.165, 1.54) is 17.4 Å². The van der Waals surface area contributed by atoms with Gasteiger partial charge in [0.1, 0.15) is 5.01 Å². The van der Waals surface area contributed by atoms with Crippen molar-refractivity contribution in [1.29, 1.82) is 0 Å². The lowest BCUT2D eigenvalue weighted by atomic mass is 10.3. The highest BCUT2D eigenvalue weighted by molar-refractivity contribution is 7.19. The molecule has 0 bridgehead atoms. The summed E-state index contributed by atoms with van der Waals surface area (Å²) in [6, 6.07) is 7.60. The largest absolute Gasteiger partial charge is 0.394 e. The van der Waals surface area contributed by atoms with Gasteiger partial charge in [-0.15, -0.1) is 11.3 Å². The third-order valence-corrected chi connectivity index (χ3v) is 3.35. The number of para-hydroxylation sites is 1. The van der Waals surface area contributed by atoms with E-state index in [1.807, 2.05) is 24.3 Å². The Bertz CT molecular complexity index is 544. The van der Waals surface area contributed by atoms with Crippen molar-refractivity contribution < 1.29 is 9.90 Å². The van der Waals surface area contributed by atoms with Crippen molar-refractivity contribution in [2.24, 2.45) is 0 Å². The van der Waals surface area contributed by atoms with E-state index in [1.54, 1.807) is 13.0 Å². The molecule has 94 valence electrons. The van der Waals surface area contributed by atoms with E-state index in [0.717, 1.165) is 15.2 Å². The summed E-state index contributed by atoms with van der Waals surface area (Å²) in [6.07, 6.45) is 3.12. The molecule has 1 aromatic heterocycles. The summed E-state index contributed by atoms with van der Waals surface area (Å²) < 4.78 is 1.10. The van der Waals surface area contributed by atoms with Gasteiger partial charge in [-0.05, 0) is 25.1 Å². The Labute approximate surface area is 109 Å². The fourth-order valence-electron chi connectivity index (χ4n) is 1.44. The Morgan fingerprint density at radius 2 is 2.33 bits per heavy atom. The number of thiazole rings is 1. The summed E-state index contributed by atoms with van der Waals surface area (Å²) in [5, 5.41) is 12.2. The van der Waals surface area contributed by atoms with Crippen molar-refractivity contribution in [3.8, 4) is 0 Å². The van der Waals surface area contributed by atoms with E-state index in [-0.39, 0.29) is 18.6 Å². The Kier molecular flexibility index (Phi) is 4.07. The summed E-state index contributed by atoms with van der Waals surface area (Å²) in [7, 11) is 0. The van der Waals surface area contributed by atoms with Gasteiger partial charge in [-0.3, -0.25) is 4.79 Å². The summed E-state index contributed by atoms with van der Waals surface area (Å²) in [6.45, 7) is 1.67. The molecule has 1 unspecified atom stereocenters. The number of nitrogens with zero attached hydrogens (tertiary/aromatic N) is 1. The van der Waals surface area contributed by atoms with E-state index < -0.39 is 0 Å². The molecule has 0 saturated carbocycles. The second-order valence-corrected chi connectivity index (χ2v) is 5.01. The van der Waals surface area contributed by atoms with Crippen LogP contribution >= 0.6 is 11.3 Å². The van der Waals surface area contributed by atoms with Crippen molar-refractivity contribution in [3.63, 3.8) is 0 Å². The number of amides is 1. The minimum atomic E-state index is -0.238. The van der Waals surface area contributed by atoms with Gasteiger partial charge in [-0.2, -0.15) is 0 Å². The number of carbonyl (C=O) groups excluding carboxylic acids is 1. The van der Waals surface area contributed by atoms with Gasteiger partial charge in [-0.1, -0.05) is 12.1 Å². The molecule has 0 spiro atoms. The predicted molar refractivity (Wildman–Crippen MR) is 73.3 cm³/mol. The second kappa shape index (κ2) is 5.75. The smallest absolute Gasteiger partial charge is 0.244 e. The molecule has 0 aliphatic carbocycles. The SMILES string of the molecule is CC(CO)NC(=O)/C=C/c1nc2ccccc2s1. The molecule has 1 amide bonds. The summed E-state index contributed by atoms with van der Waals surface area (Å²) in [4.78, 5) is 15.9. The van der Waals surface area contributed by atoms with Crippen LogP contribution in [0.4, 0.5) is 0 Å². The molecule has 1 atom stereocenters. The number of fused-ring (bicyclic) bond motifs is 1. The third-order valence-electron chi connectivity index (χ3n) is 2.35. The quantitative estimate of drug-likeness (QED) is 0.826. The van der Waals surface area contributed by atoms with Crippen molar-refractivity contribution in [3.05, 3.63) is 35.3 Å². The number of aliphatic hydroxyl groups is 1. The number of rotatable bonds is 4. The molecule has 5 heteroatoms. The Morgan fingerprint density at radius 1 is 1.56 bits per heavy atom. The number of aliphatic hydroxyl groups excluding tert-OH is 1. The number of hydrogen-bond acceptors (Lipinski definition) is 4. The number of carbonyl (C=O) groups is 1. The first-order chi connectivity index (χ1) is 8.69. The summed E-state index contributed by atoms with van der Waals surface area (Å²) >= 11 is 1.54. The molecule has 1 aromatic carbocycles. The molecule has 1 heterocycles. The molecule has 2 aromatic rings. The minimum Gasteiger partial charge on any atom is -0.394 e. The van der Waals surface area contributed by atoms with Crippen LogP contribution in [0.5, 0.6) is 0 Å². The van der Waals surface area contributed by atoms with Crippen LogP contribution in [0.2, 0.25) is 0 Å². The maximum atomic E-state index is 11.5. The standard InChI is InChI=1S/C13H14N2O2S/c1-9(8-16)14-12(17)6-7-13-15-10-4-2-3-5-11(10)18-13/h2-7,9,16H,8H2,1H3,(H,14,17)/b7-6+. The normalized spacial score (nSPS) is 13.0. The highest BCUT2D eigenvalue weighted by Crippen LogP contribution is 2.22. The van der Waals surface area contributed by atoms with Gasteiger partial charge < -0.3 is 10.4 Å². The van der Waals surface area contributed by atoms with E-state index in [4.69, 9.17) is 5.11 Å². The van der Waals surface area contributed by atoms with E-state index >= 15 is 0 Å². The zero-order valence-electron chi connectivity index (χ0n) is 9.96. The van der Waals surface area contributed by atoms with Gasteiger partial charge in [0.2, 0.25) is 5.91 Å². The fourth-order valence-corrected chi connectivity index (χ4v) is 2.32. The van der Waals surface area contributed by atoms with Crippen LogP contribution in [-0.2, 0) is 4.79 Å². The first-order valence-corrected chi connectivity index (χ1v) is 6.45. The molecular formula is C13H14N2O2S. The average molecular weight is 262 g/mol. The van der Waals surface area contributed by atoms with Crippen molar-refractivity contribution >= 4 is 33.5 Å². The van der Waals surface area contributed by atoms with Gasteiger partial charge in [0.15, 0.2) is 0 Å². The molecule has 2 N–H and O–H groups in total. The van der Waals surface area contributed by atoms with Crippen LogP contribution in [-0.4, -0.2) is 28.6 Å². The Balaban J connectivity index is 2.06. The molecule has 0 aliphatic heterocycles. The lowest BCUT2D eigenvalue weighted by molar-refractivity contribution is -0.117. The van der Waals surface area contributed by atoms with E-state index in [2.05, 4.69) is 10.3 Å². The van der Waals surface area contributed by atoms with Crippen molar-refractivity contribution in [1.82, 2.24) is 10.3 Å². The maximum absolute atomic E-state index is 11.5. The minimum absolute atomic E-state index is 0.0687. The van der Waals surface area contributed by atoms with Gasteiger partial charge in [-0.25, -0.2) is 4.98 Å². The Morgan fingerprint density at radius 3 is 3.06 bits per heavy atom. The molecule has 0 aliphatic rings. The highest BCUT2D eigenvalue weighted by atomic mass is 32.1. The van der Waals surface area contributed by atoms with Gasteiger partial charge >= 0.3 is 0 Å². The first kappa shape index (κ1) is 12.7. The molecule has 0 saturated heterocycles. The van der Waals surface area contributed by atoms with Crippen LogP contribution < -0.4 is 5.32 Å². The fraction of sp³-hybridized carbons (Fsp3) is 0.231. The van der Waals surface area contributed by atoms with Gasteiger partial charge in [0.25, 0.3) is 0 Å². The molecule has 2 rings (SSSR count). The number of aromatic nitrogens is 1. The third kappa shape index (κ3) is 3.15. The number of benzene rings is 1. The lowest BCUT2D eigenvalue weighted by Gasteiger charge is -2.07. The van der Waals surface area contributed by atoms with Gasteiger partial charge in [0, 0.05) is 12.1 Å². The number of hydrogen-bond donors (Lipinski definition) is 2. The van der Waals surface area contributed by atoms with Crippen LogP contribution in [0.3, 0.4) is 0 Å². The number of nitrogens with one attached hydrogen (secondary N) is 1. The molecule has 0 fully saturated rings. The Hall–Kier alpha value is -1.72. The van der Waals surface area contributed by atoms with E-state index in [0.29, 0.717) is 0 Å². The van der Waals surface area contributed by atoms with Crippen molar-refractivity contribution in [2.75, 3.05) is 6.61 Å². The zero-order valence-corrected chi connectivity index (χ0v) is 10.8. The topological polar surface area (TPSA) is 62.2 Å². The second-order valence-electron chi connectivity index (χ2n) is 3.95. The highest BCUT2D eigenvalue weighted by Gasteiger charge is 2.03. The summed E-state index contributed by atoms with van der Waals surface area (Å²) in [5.74, 6) is -0.226. The molecule has 4 nitrogen and oxygen atoms in total. The maximum Gasteiger partial charge on any atom is 0.244 e. The van der Waals surface area contributed by atoms with Crippen LogP contribution in [0.15, 0.2) is 30.3 Å². The van der Waals surface area contributed by atoms with Crippen LogP contribution in [0.1, 0.15) is 11.9 Å². The van der Waals surface area contributed by atoms with Crippen LogP contribution in [0, 0.1) is 0 Å². The monoisotopic (exact) mass is 262 g/mol. The average Bonchev–Trinajstić information content (AvgIpc) is 2.79. The van der Waals surface area contributed by atoms with Gasteiger partial charge in [0.05, 0.1) is 16.8 Å².